The molecule has 1 aromatic carbocycles. The fourth-order valence-electron chi connectivity index (χ4n) is 2.24. The van der Waals surface area contributed by atoms with E-state index in [9.17, 15) is 9.59 Å². The van der Waals surface area contributed by atoms with E-state index in [-0.39, 0.29) is 12.5 Å². The molecule has 0 aliphatic rings. The number of hydrogen-bond acceptors (Lipinski definition) is 5. The average molecular weight is 351 g/mol. The smallest absolute Gasteiger partial charge is 0.341 e. The molecule has 7 heteroatoms. The summed E-state index contributed by atoms with van der Waals surface area (Å²) >= 11 is 5.81. The monoisotopic (exact) mass is 350 g/mol. The molecule has 0 saturated heterocycles. The Hall–Kier alpha value is -2.31. The molecule has 0 unspecified atom stereocenters. The zero-order valence-corrected chi connectivity index (χ0v) is 14.5. The van der Waals surface area contributed by atoms with E-state index in [1.165, 1.54) is 7.11 Å². The van der Waals surface area contributed by atoms with Crippen molar-refractivity contribution in [2.24, 2.45) is 0 Å². The largest absolute Gasteiger partial charge is 0.465 e. The summed E-state index contributed by atoms with van der Waals surface area (Å²) < 4.78 is 10.2. The maximum atomic E-state index is 12.0. The van der Waals surface area contributed by atoms with E-state index in [4.69, 9.17) is 16.0 Å². The second kappa shape index (κ2) is 7.99. The summed E-state index contributed by atoms with van der Waals surface area (Å²) in [7, 11) is 3.11. The van der Waals surface area contributed by atoms with Crippen LogP contribution in [0, 0.1) is 6.92 Å². The minimum absolute atomic E-state index is 0.156. The molecular formula is C17H19ClN2O4. The summed E-state index contributed by atoms with van der Waals surface area (Å²) in [5.41, 5.74) is 1.08. The van der Waals surface area contributed by atoms with Gasteiger partial charge in [-0.2, -0.15) is 0 Å². The minimum atomic E-state index is -0.439. The summed E-state index contributed by atoms with van der Waals surface area (Å²) in [6, 6.07) is 8.52. The Labute approximate surface area is 145 Å². The number of ether oxygens (including phenoxy) is 1. The molecule has 1 N–H and O–H groups in total. The highest BCUT2D eigenvalue weighted by Gasteiger charge is 2.17. The number of amides is 1. The molecule has 1 heterocycles. The molecule has 2 rings (SSSR count). The molecule has 0 fully saturated rings. The molecule has 1 aromatic heterocycles. The summed E-state index contributed by atoms with van der Waals surface area (Å²) in [4.78, 5) is 25.4. The van der Waals surface area contributed by atoms with Crippen molar-refractivity contribution in [2.75, 3.05) is 26.0 Å². The summed E-state index contributed by atoms with van der Waals surface area (Å²) in [5.74, 6) is 0.493. The number of rotatable bonds is 6. The first-order chi connectivity index (χ1) is 11.4. The van der Waals surface area contributed by atoms with Crippen LogP contribution in [0.2, 0.25) is 5.02 Å². The predicted octanol–water partition coefficient (Wildman–Crippen LogP) is 3.10. The normalized spacial score (nSPS) is 10.7. The number of methoxy groups -OCH3 is 1. The first-order valence-corrected chi connectivity index (χ1v) is 7.68. The Bertz CT molecular complexity index is 725. The van der Waals surface area contributed by atoms with Crippen LogP contribution in [-0.4, -0.2) is 37.5 Å². The van der Waals surface area contributed by atoms with E-state index < -0.39 is 5.97 Å². The van der Waals surface area contributed by atoms with Crippen LogP contribution in [0.3, 0.4) is 0 Å². The lowest BCUT2D eigenvalue weighted by molar-refractivity contribution is -0.117. The molecule has 2 aromatic rings. The van der Waals surface area contributed by atoms with Crippen molar-refractivity contribution >= 4 is 29.2 Å². The number of carbonyl (C=O) groups is 2. The van der Waals surface area contributed by atoms with Crippen LogP contribution in [-0.2, 0) is 16.1 Å². The highest BCUT2D eigenvalue weighted by Crippen LogP contribution is 2.17. The third-order valence-corrected chi connectivity index (χ3v) is 3.59. The lowest BCUT2D eigenvalue weighted by Crippen LogP contribution is -2.29. The number of furan rings is 1. The van der Waals surface area contributed by atoms with Crippen LogP contribution < -0.4 is 5.32 Å². The quantitative estimate of drug-likeness (QED) is 0.810. The Morgan fingerprint density at radius 1 is 1.29 bits per heavy atom. The zero-order chi connectivity index (χ0) is 17.7. The van der Waals surface area contributed by atoms with E-state index in [0.717, 1.165) is 0 Å². The number of hydrogen-bond donors (Lipinski definition) is 1. The van der Waals surface area contributed by atoms with Crippen molar-refractivity contribution in [3.05, 3.63) is 52.4 Å². The number of carbonyl (C=O) groups excluding carboxylic acids is 2. The van der Waals surface area contributed by atoms with Gasteiger partial charge < -0.3 is 14.5 Å². The number of halogens is 1. The molecule has 0 atom stereocenters. The van der Waals surface area contributed by atoms with Crippen LogP contribution in [0.5, 0.6) is 0 Å². The van der Waals surface area contributed by atoms with E-state index in [2.05, 4.69) is 10.1 Å². The molecule has 0 spiro atoms. The molecule has 0 aliphatic carbocycles. The maximum absolute atomic E-state index is 12.0. The van der Waals surface area contributed by atoms with E-state index in [1.807, 2.05) is 0 Å². The standard InChI is InChI=1S/C17H19ClN2O4/c1-11-15(17(22)23-3)8-14(24-11)9-20(2)10-16(21)19-13-6-4-12(18)5-7-13/h4-8H,9-10H2,1-3H3,(H,19,21). The molecule has 0 radical (unpaired) electrons. The summed E-state index contributed by atoms with van der Waals surface area (Å²) in [6.45, 7) is 2.27. The third kappa shape index (κ3) is 4.84. The Morgan fingerprint density at radius 2 is 1.96 bits per heavy atom. The highest BCUT2D eigenvalue weighted by atomic mass is 35.5. The van der Waals surface area contributed by atoms with Gasteiger partial charge in [-0.3, -0.25) is 9.69 Å². The number of benzene rings is 1. The molecule has 1 amide bonds. The fraction of sp³-hybridized carbons (Fsp3) is 0.294. The number of nitrogens with one attached hydrogen (secondary N) is 1. The van der Waals surface area contributed by atoms with Gasteiger partial charge in [-0.25, -0.2) is 4.79 Å². The molecule has 0 bridgehead atoms. The van der Waals surface area contributed by atoms with Gasteiger partial charge in [-0.15, -0.1) is 0 Å². The predicted molar refractivity (Wildman–Crippen MR) is 91.2 cm³/mol. The average Bonchev–Trinajstić information content (AvgIpc) is 2.89. The Morgan fingerprint density at radius 3 is 2.58 bits per heavy atom. The number of anilines is 1. The van der Waals surface area contributed by atoms with Crippen molar-refractivity contribution in [3.63, 3.8) is 0 Å². The zero-order valence-electron chi connectivity index (χ0n) is 13.8. The molecule has 128 valence electrons. The van der Waals surface area contributed by atoms with Gasteiger partial charge in [0.1, 0.15) is 17.1 Å². The van der Waals surface area contributed by atoms with Gasteiger partial charge >= 0.3 is 5.97 Å². The van der Waals surface area contributed by atoms with E-state index in [0.29, 0.717) is 34.3 Å². The van der Waals surface area contributed by atoms with Crippen molar-refractivity contribution < 1.29 is 18.7 Å². The van der Waals surface area contributed by atoms with Crippen LogP contribution in [0.15, 0.2) is 34.7 Å². The first kappa shape index (κ1) is 18.0. The third-order valence-electron chi connectivity index (χ3n) is 3.34. The molecule has 6 nitrogen and oxygen atoms in total. The number of nitrogens with zero attached hydrogens (tertiary/aromatic N) is 1. The molecule has 0 aliphatic heterocycles. The van der Waals surface area contributed by atoms with Crippen LogP contribution in [0.4, 0.5) is 5.69 Å². The second-order valence-electron chi connectivity index (χ2n) is 5.40. The van der Waals surface area contributed by atoms with E-state index >= 15 is 0 Å². The van der Waals surface area contributed by atoms with Crippen molar-refractivity contribution in [1.82, 2.24) is 4.90 Å². The molecule has 24 heavy (non-hydrogen) atoms. The van der Waals surface area contributed by atoms with Crippen molar-refractivity contribution in [3.8, 4) is 0 Å². The van der Waals surface area contributed by atoms with Gasteiger partial charge in [0.2, 0.25) is 5.91 Å². The fourth-order valence-corrected chi connectivity index (χ4v) is 2.36. The lowest BCUT2D eigenvalue weighted by Gasteiger charge is -2.14. The van der Waals surface area contributed by atoms with Crippen molar-refractivity contribution in [1.29, 1.82) is 0 Å². The second-order valence-corrected chi connectivity index (χ2v) is 5.84. The van der Waals surface area contributed by atoms with Gasteiger partial charge in [0.05, 0.1) is 20.2 Å². The van der Waals surface area contributed by atoms with Crippen molar-refractivity contribution in [2.45, 2.75) is 13.5 Å². The van der Waals surface area contributed by atoms with Gasteiger partial charge in [0.15, 0.2) is 0 Å². The van der Waals surface area contributed by atoms with Crippen LogP contribution in [0.25, 0.3) is 0 Å². The Balaban J connectivity index is 1.90. The number of aryl methyl sites for hydroxylation is 1. The van der Waals surface area contributed by atoms with Gasteiger partial charge in [0, 0.05) is 10.7 Å². The topological polar surface area (TPSA) is 71.8 Å². The van der Waals surface area contributed by atoms with Crippen LogP contribution in [0.1, 0.15) is 21.9 Å². The molecule has 0 saturated carbocycles. The lowest BCUT2D eigenvalue weighted by atomic mass is 10.2. The van der Waals surface area contributed by atoms with E-state index in [1.54, 1.807) is 49.2 Å². The minimum Gasteiger partial charge on any atom is -0.465 e. The van der Waals surface area contributed by atoms with Crippen LogP contribution >= 0.6 is 11.6 Å². The Kier molecular flexibility index (Phi) is 6.00. The summed E-state index contributed by atoms with van der Waals surface area (Å²) in [5, 5.41) is 3.40. The molecular weight excluding hydrogens is 332 g/mol. The number of likely N-dealkylation sites (N-methyl/N-ethyl adjacent to an activating group) is 1. The number of esters is 1. The van der Waals surface area contributed by atoms with Gasteiger partial charge in [0.25, 0.3) is 0 Å². The van der Waals surface area contributed by atoms with Gasteiger partial charge in [-0.05, 0) is 44.3 Å². The maximum Gasteiger partial charge on any atom is 0.341 e. The SMILES string of the molecule is COC(=O)c1cc(CN(C)CC(=O)Nc2ccc(Cl)cc2)oc1C. The first-order valence-electron chi connectivity index (χ1n) is 7.30. The summed E-state index contributed by atoms with van der Waals surface area (Å²) in [6.07, 6.45) is 0. The highest BCUT2D eigenvalue weighted by molar-refractivity contribution is 6.30. The van der Waals surface area contributed by atoms with Gasteiger partial charge in [-0.1, -0.05) is 11.6 Å².